The molecule has 0 aliphatic carbocycles. The number of thiophene rings is 3. The summed E-state index contributed by atoms with van der Waals surface area (Å²) in [6.07, 6.45) is 17.4. The first-order valence-corrected chi connectivity index (χ1v) is 21.3. The fourth-order valence-corrected chi connectivity index (χ4v) is 17.3. The van der Waals surface area contributed by atoms with Gasteiger partial charge in [0.25, 0.3) is 11.8 Å². The molecule has 222 valence electrons. The van der Waals surface area contributed by atoms with Crippen molar-refractivity contribution in [3.63, 3.8) is 0 Å². The topological polar surface area (TPSA) is 37.4 Å². The van der Waals surface area contributed by atoms with Crippen molar-refractivity contribution in [3.8, 4) is 19.5 Å². The van der Waals surface area contributed by atoms with E-state index in [9.17, 15) is 9.59 Å². The molecule has 0 atom stereocenters. The summed E-state index contributed by atoms with van der Waals surface area (Å²) in [6.45, 7) is 7.37. The van der Waals surface area contributed by atoms with E-state index < -0.39 is 8.07 Å². The summed E-state index contributed by atoms with van der Waals surface area (Å²) >= 11 is 5.41. The number of nitrogens with zero attached hydrogens (tertiary/aromatic N) is 1. The molecular formula is C34H47NO2S3Si. The second kappa shape index (κ2) is 14.3. The van der Waals surface area contributed by atoms with Crippen LogP contribution in [0.15, 0.2) is 22.9 Å². The van der Waals surface area contributed by atoms with Crippen molar-refractivity contribution in [1.82, 2.24) is 4.90 Å². The van der Waals surface area contributed by atoms with Crippen LogP contribution in [-0.2, 0) is 0 Å². The number of imide groups is 1. The third-order valence-electron chi connectivity index (χ3n) is 9.23. The summed E-state index contributed by atoms with van der Waals surface area (Å²) in [5, 5.41) is 7.59. The zero-order chi connectivity index (χ0) is 28.8. The van der Waals surface area contributed by atoms with Gasteiger partial charge in [0.1, 0.15) is 8.07 Å². The minimum absolute atomic E-state index is 0.0668. The Kier molecular flexibility index (Phi) is 10.8. The lowest BCUT2D eigenvalue weighted by atomic mass is 10.1. The maximum Gasteiger partial charge on any atom is 0.263 e. The lowest BCUT2D eigenvalue weighted by Gasteiger charge is -2.29. The van der Waals surface area contributed by atoms with E-state index in [-0.39, 0.29) is 11.8 Å². The third kappa shape index (κ3) is 6.11. The Morgan fingerprint density at radius 1 is 0.683 bits per heavy atom. The first kappa shape index (κ1) is 30.9. The van der Waals surface area contributed by atoms with Crippen LogP contribution in [0.3, 0.4) is 0 Å². The first-order valence-electron chi connectivity index (χ1n) is 16.3. The predicted octanol–water partition coefficient (Wildman–Crippen LogP) is 10.2. The van der Waals surface area contributed by atoms with Gasteiger partial charge in [-0.1, -0.05) is 110 Å². The summed E-state index contributed by atoms with van der Waals surface area (Å²) in [5.74, 6) is -0.149. The van der Waals surface area contributed by atoms with Crippen LogP contribution in [0.5, 0.6) is 0 Å². The molecule has 3 aromatic heterocycles. The Morgan fingerprint density at radius 2 is 1.32 bits per heavy atom. The van der Waals surface area contributed by atoms with Gasteiger partial charge < -0.3 is 0 Å². The number of unbranched alkanes of at least 4 members (excludes halogenated alkanes) is 11. The molecule has 2 aliphatic heterocycles. The minimum Gasteiger partial charge on any atom is -0.274 e. The van der Waals surface area contributed by atoms with E-state index >= 15 is 0 Å². The Bertz CT molecular complexity index is 1320. The standard InChI is InChI=1S/C34H47NO2S3Si/c1-4-7-10-13-14-15-19-35-33(36)25-24-39-30(29(25)34(35)37)26-23-28-32(40-26)31-27(18-20-38-31)41(28,21-16-11-8-5-2)22-17-12-9-6-3/h18,20,23-24H,4-17,19,21-22H2,1-3H3. The van der Waals surface area contributed by atoms with Crippen molar-refractivity contribution in [3.05, 3.63) is 34.0 Å². The average Bonchev–Trinajstić information content (AvgIpc) is 3.78. The molecule has 0 saturated heterocycles. The molecule has 41 heavy (non-hydrogen) atoms. The molecule has 0 fully saturated rings. The third-order valence-corrected chi connectivity index (χ3v) is 18.3. The van der Waals surface area contributed by atoms with Crippen molar-refractivity contribution in [2.75, 3.05) is 6.54 Å². The van der Waals surface area contributed by atoms with Crippen molar-refractivity contribution in [2.45, 2.75) is 123 Å². The molecular weight excluding hydrogens is 579 g/mol. The van der Waals surface area contributed by atoms with E-state index in [1.165, 1.54) is 109 Å². The summed E-state index contributed by atoms with van der Waals surface area (Å²) in [6, 6.07) is 7.64. The number of rotatable bonds is 18. The quantitative estimate of drug-likeness (QED) is 0.0801. The van der Waals surface area contributed by atoms with E-state index in [1.807, 2.05) is 28.1 Å². The van der Waals surface area contributed by atoms with Gasteiger partial charge in [0, 0.05) is 26.6 Å². The largest absolute Gasteiger partial charge is 0.274 e. The van der Waals surface area contributed by atoms with Gasteiger partial charge >= 0.3 is 0 Å². The molecule has 0 aromatic carbocycles. The maximum absolute atomic E-state index is 13.6. The summed E-state index contributed by atoms with van der Waals surface area (Å²) in [5.41, 5.74) is 1.31. The van der Waals surface area contributed by atoms with Gasteiger partial charge in [-0.3, -0.25) is 14.5 Å². The van der Waals surface area contributed by atoms with Gasteiger partial charge in [0.05, 0.1) is 16.0 Å². The molecule has 5 heterocycles. The number of hydrogen-bond acceptors (Lipinski definition) is 5. The Morgan fingerprint density at radius 3 is 2.00 bits per heavy atom. The summed E-state index contributed by atoms with van der Waals surface area (Å²) < 4.78 is 0. The van der Waals surface area contributed by atoms with Crippen molar-refractivity contribution < 1.29 is 9.59 Å². The van der Waals surface area contributed by atoms with Gasteiger partial charge in [-0.2, -0.15) is 0 Å². The molecule has 7 heteroatoms. The Hall–Kier alpha value is -1.54. The highest BCUT2D eigenvalue weighted by Gasteiger charge is 2.47. The van der Waals surface area contributed by atoms with Gasteiger partial charge in [0.15, 0.2) is 0 Å². The van der Waals surface area contributed by atoms with Gasteiger partial charge in [-0.05, 0) is 40.3 Å². The van der Waals surface area contributed by atoms with Crippen LogP contribution in [0.2, 0.25) is 12.1 Å². The van der Waals surface area contributed by atoms with E-state index in [1.54, 1.807) is 21.7 Å². The smallest absolute Gasteiger partial charge is 0.263 e. The zero-order valence-corrected chi connectivity index (χ0v) is 28.8. The molecule has 3 aromatic rings. The molecule has 2 aliphatic rings. The number of hydrogen-bond donors (Lipinski definition) is 0. The average molecular weight is 626 g/mol. The highest BCUT2D eigenvalue weighted by molar-refractivity contribution is 7.31. The van der Waals surface area contributed by atoms with Crippen LogP contribution in [0, 0.1) is 0 Å². The van der Waals surface area contributed by atoms with Gasteiger partial charge in [0.2, 0.25) is 0 Å². The molecule has 0 spiro atoms. The highest BCUT2D eigenvalue weighted by Crippen LogP contribution is 2.47. The molecule has 0 bridgehead atoms. The van der Waals surface area contributed by atoms with Crippen LogP contribution >= 0.6 is 34.0 Å². The van der Waals surface area contributed by atoms with Gasteiger partial charge in [-0.25, -0.2) is 0 Å². The molecule has 5 rings (SSSR count). The SMILES string of the molecule is CCCCCCCCN1C(=O)c2csc(-c3cc4c(s3)-c3sccc3[Si]4(CCCCCC)CCCCCC)c2C1=O. The van der Waals surface area contributed by atoms with Crippen LogP contribution in [0.4, 0.5) is 0 Å². The second-order valence-corrected chi connectivity index (χ2v) is 19.2. The van der Waals surface area contributed by atoms with Crippen LogP contribution in [0.25, 0.3) is 19.5 Å². The van der Waals surface area contributed by atoms with E-state index in [2.05, 4.69) is 38.3 Å². The molecule has 0 N–H and O–H groups in total. The molecule has 3 nitrogen and oxygen atoms in total. The minimum atomic E-state index is -1.85. The molecule has 2 amide bonds. The fraction of sp³-hybridized carbons (Fsp3) is 0.588. The number of fused-ring (bicyclic) bond motifs is 4. The predicted molar refractivity (Wildman–Crippen MR) is 183 cm³/mol. The van der Waals surface area contributed by atoms with Crippen LogP contribution < -0.4 is 10.4 Å². The number of carbonyl (C=O) groups excluding carboxylic acids is 2. The van der Waals surface area contributed by atoms with E-state index in [0.717, 1.165) is 17.7 Å². The molecule has 0 saturated carbocycles. The van der Waals surface area contributed by atoms with Crippen molar-refractivity contribution in [1.29, 1.82) is 0 Å². The summed E-state index contributed by atoms with van der Waals surface area (Å²) in [4.78, 5) is 33.6. The first-order chi connectivity index (χ1) is 20.1. The second-order valence-electron chi connectivity index (χ2n) is 12.1. The normalized spacial score (nSPS) is 15.1. The number of carbonyl (C=O) groups is 2. The highest BCUT2D eigenvalue weighted by atomic mass is 32.1. The maximum atomic E-state index is 13.6. The summed E-state index contributed by atoms with van der Waals surface area (Å²) in [7, 11) is -1.85. The monoisotopic (exact) mass is 625 g/mol. The zero-order valence-electron chi connectivity index (χ0n) is 25.3. The fourth-order valence-electron chi connectivity index (χ4n) is 6.94. The van der Waals surface area contributed by atoms with Crippen molar-refractivity contribution >= 4 is 64.3 Å². The Balaban J connectivity index is 1.41. The molecule has 0 radical (unpaired) electrons. The van der Waals surface area contributed by atoms with Gasteiger partial charge in [-0.15, -0.1) is 34.0 Å². The number of amides is 2. The van der Waals surface area contributed by atoms with E-state index in [4.69, 9.17) is 0 Å². The van der Waals surface area contributed by atoms with Crippen LogP contribution in [-0.4, -0.2) is 31.3 Å². The Labute approximate surface area is 260 Å². The lowest BCUT2D eigenvalue weighted by Crippen LogP contribution is -2.54. The lowest BCUT2D eigenvalue weighted by molar-refractivity contribution is 0.0651. The molecule has 0 unspecified atom stereocenters. The van der Waals surface area contributed by atoms with E-state index in [0.29, 0.717) is 17.7 Å². The van der Waals surface area contributed by atoms with Crippen molar-refractivity contribution in [2.24, 2.45) is 0 Å². The van der Waals surface area contributed by atoms with Crippen LogP contribution in [0.1, 0.15) is 131 Å².